The van der Waals surface area contributed by atoms with Crippen molar-refractivity contribution in [3.8, 4) is 0 Å². The molecule has 0 saturated heterocycles. The van der Waals surface area contributed by atoms with E-state index in [1.807, 2.05) is 0 Å². The summed E-state index contributed by atoms with van der Waals surface area (Å²) in [5.74, 6) is 1.74. The average Bonchev–Trinajstić information content (AvgIpc) is 3.06. The van der Waals surface area contributed by atoms with Crippen LogP contribution in [0.2, 0.25) is 0 Å². The van der Waals surface area contributed by atoms with Gasteiger partial charge in [-0.05, 0) is 138 Å². The molecule has 0 spiro atoms. The number of hydrogen-bond donors (Lipinski definition) is 0. The Morgan fingerprint density at radius 2 is 0.698 bits per heavy atom. The van der Waals surface area contributed by atoms with Gasteiger partial charge in [0.05, 0.1) is 12.2 Å². The molecule has 2 saturated carbocycles. The van der Waals surface area contributed by atoms with Gasteiger partial charge in [0.2, 0.25) is 0 Å². The van der Waals surface area contributed by atoms with Crippen LogP contribution >= 0.6 is 0 Å². The molecule has 2 aliphatic carbocycles. The van der Waals surface area contributed by atoms with Crippen molar-refractivity contribution < 1.29 is 25.2 Å². The third-order valence-electron chi connectivity index (χ3n) is 12.6. The Labute approximate surface area is 324 Å². The lowest BCUT2D eigenvalue weighted by molar-refractivity contribution is 0.0133. The van der Waals surface area contributed by atoms with Crippen LogP contribution in [0.1, 0.15) is 217 Å². The van der Waals surface area contributed by atoms with Gasteiger partial charge in [0.25, 0.3) is 20.2 Å². The second-order valence-electron chi connectivity index (χ2n) is 18.9. The van der Waals surface area contributed by atoms with E-state index in [4.69, 9.17) is 8.37 Å². The molecule has 0 amide bonds. The zero-order chi connectivity index (χ0) is 39.8. The molecule has 2 aromatic carbocycles. The maximum atomic E-state index is 14.0. The topological polar surface area (TPSA) is 86.7 Å². The average molecular weight is 773 g/mol. The Kier molecular flexibility index (Phi) is 14.3. The van der Waals surface area contributed by atoms with Crippen molar-refractivity contribution in [2.24, 2.45) is 17.3 Å². The molecule has 0 atom stereocenters. The van der Waals surface area contributed by atoms with Crippen LogP contribution in [-0.2, 0) is 28.6 Å². The van der Waals surface area contributed by atoms with Gasteiger partial charge in [-0.25, -0.2) is 0 Å². The Hall–Kier alpha value is -1.74. The lowest BCUT2D eigenvalue weighted by atomic mass is 9.60. The second kappa shape index (κ2) is 17.2. The minimum atomic E-state index is -3.95. The minimum Gasteiger partial charge on any atom is -0.263 e. The predicted molar refractivity (Wildman–Crippen MR) is 219 cm³/mol. The van der Waals surface area contributed by atoms with Crippen LogP contribution in [0.25, 0.3) is 0 Å². The van der Waals surface area contributed by atoms with Crippen molar-refractivity contribution in [2.75, 3.05) is 0 Å². The van der Waals surface area contributed by atoms with Gasteiger partial charge >= 0.3 is 0 Å². The normalized spacial score (nSPS) is 22.3. The van der Waals surface area contributed by atoms with Crippen molar-refractivity contribution in [3.63, 3.8) is 0 Å². The van der Waals surface area contributed by atoms with E-state index in [1.54, 1.807) is 0 Å². The van der Waals surface area contributed by atoms with E-state index in [1.165, 1.54) is 11.1 Å². The van der Waals surface area contributed by atoms with Gasteiger partial charge < -0.3 is 0 Å². The van der Waals surface area contributed by atoms with E-state index in [9.17, 15) is 16.8 Å². The monoisotopic (exact) mass is 772 g/mol. The highest BCUT2D eigenvalue weighted by molar-refractivity contribution is 7.87. The van der Waals surface area contributed by atoms with Gasteiger partial charge in [-0.1, -0.05) is 121 Å². The largest absolute Gasteiger partial charge is 0.297 e. The van der Waals surface area contributed by atoms with Crippen LogP contribution in [-0.4, -0.2) is 29.0 Å². The third-order valence-corrected chi connectivity index (χ3v) is 15.6. The van der Waals surface area contributed by atoms with Crippen LogP contribution < -0.4 is 0 Å². The predicted octanol–water partition coefficient (Wildman–Crippen LogP) is 12.7. The van der Waals surface area contributed by atoms with Crippen LogP contribution in [0.4, 0.5) is 0 Å². The van der Waals surface area contributed by atoms with E-state index < -0.39 is 20.2 Å². The van der Waals surface area contributed by atoms with Crippen molar-refractivity contribution in [1.82, 2.24) is 0 Å². The fourth-order valence-corrected chi connectivity index (χ4v) is 12.6. The molecule has 53 heavy (non-hydrogen) atoms. The van der Waals surface area contributed by atoms with Crippen molar-refractivity contribution in [1.29, 1.82) is 0 Å². The molecule has 0 aliphatic heterocycles. The standard InChI is InChI=1S/C45H72O6S2/c1-27(2)33-23-39(29(5)6)43(40(24-33)30(7)8)52(46,47)50-37-19-15-35(16-20-37)45(13,14)36-17-21-38(22-18-36)51-53(48,49)44-41(31(9)10)25-34(28(3)4)26-42(44)32(11)12/h23-32,35-38H,15-22H2,1-14H3. The van der Waals surface area contributed by atoms with Gasteiger partial charge in [0.15, 0.2) is 0 Å². The molecule has 2 aliphatic rings. The molecular weight excluding hydrogens is 701 g/mol. The molecule has 0 heterocycles. The highest BCUT2D eigenvalue weighted by Crippen LogP contribution is 2.50. The van der Waals surface area contributed by atoms with Crippen LogP contribution in [0, 0.1) is 17.3 Å². The molecule has 0 N–H and O–H groups in total. The molecule has 0 bridgehead atoms. The van der Waals surface area contributed by atoms with Gasteiger partial charge in [-0.15, -0.1) is 0 Å². The maximum absolute atomic E-state index is 14.0. The number of benzene rings is 2. The second-order valence-corrected chi connectivity index (χ2v) is 21.9. The molecule has 0 unspecified atom stereocenters. The molecule has 6 nitrogen and oxygen atoms in total. The molecule has 4 rings (SSSR count). The first-order chi connectivity index (χ1) is 24.5. The van der Waals surface area contributed by atoms with E-state index in [2.05, 4.69) is 121 Å². The zero-order valence-corrected chi connectivity index (χ0v) is 37.1. The third kappa shape index (κ3) is 9.99. The summed E-state index contributed by atoms with van der Waals surface area (Å²) in [4.78, 5) is 0.757. The summed E-state index contributed by atoms with van der Waals surface area (Å²) in [6.07, 6.45) is 5.88. The Morgan fingerprint density at radius 1 is 0.453 bits per heavy atom. The zero-order valence-electron chi connectivity index (χ0n) is 35.5. The Bertz CT molecular complexity index is 1580. The first-order valence-electron chi connectivity index (χ1n) is 20.7. The van der Waals surface area contributed by atoms with Crippen molar-refractivity contribution in [3.05, 3.63) is 57.6 Å². The van der Waals surface area contributed by atoms with Gasteiger partial charge in [-0.2, -0.15) is 16.8 Å². The van der Waals surface area contributed by atoms with Crippen LogP contribution in [0.3, 0.4) is 0 Å². The molecule has 0 radical (unpaired) electrons. The SMILES string of the molecule is CC(C)c1cc(C(C)C)c(S(=O)(=O)OC2CCC(C(C)(C)C3CCC(OS(=O)(=O)c4c(C(C)C)cc(C(C)C)cc4C(C)C)CC3)CC2)c(C(C)C)c1. The highest BCUT2D eigenvalue weighted by Gasteiger charge is 2.43. The van der Waals surface area contributed by atoms with Crippen molar-refractivity contribution in [2.45, 2.75) is 206 Å². The molecule has 300 valence electrons. The minimum absolute atomic E-state index is 0.0400. The van der Waals surface area contributed by atoms with Gasteiger partial charge in [-0.3, -0.25) is 8.37 Å². The first kappa shape index (κ1) is 44.0. The summed E-state index contributed by atoms with van der Waals surface area (Å²) >= 11 is 0. The van der Waals surface area contributed by atoms with Crippen LogP contribution in [0.5, 0.6) is 0 Å². The number of hydrogen-bond acceptors (Lipinski definition) is 6. The quantitative estimate of drug-likeness (QED) is 0.178. The first-order valence-corrected chi connectivity index (χ1v) is 23.5. The number of rotatable bonds is 14. The summed E-state index contributed by atoms with van der Waals surface area (Å²) in [5, 5.41) is 0. The molecule has 2 fully saturated rings. The van der Waals surface area contributed by atoms with Gasteiger partial charge in [0.1, 0.15) is 9.79 Å². The molecule has 0 aromatic heterocycles. The summed E-state index contributed by atoms with van der Waals surface area (Å²) in [6.45, 7) is 29.8. The molecular formula is C45H72O6S2. The highest BCUT2D eigenvalue weighted by atomic mass is 32.2. The van der Waals surface area contributed by atoms with E-state index >= 15 is 0 Å². The molecule has 8 heteroatoms. The lowest BCUT2D eigenvalue weighted by Gasteiger charge is -2.46. The summed E-state index contributed by atoms with van der Waals surface area (Å²) in [7, 11) is -7.91. The van der Waals surface area contributed by atoms with Crippen LogP contribution in [0.15, 0.2) is 34.1 Å². The van der Waals surface area contributed by atoms with Crippen molar-refractivity contribution >= 4 is 20.2 Å². The summed E-state index contributed by atoms with van der Waals surface area (Å²) in [5.41, 5.74) is 5.78. The van der Waals surface area contributed by atoms with E-state index in [0.717, 1.165) is 47.9 Å². The fraction of sp³-hybridized carbons (Fsp3) is 0.733. The summed E-state index contributed by atoms with van der Waals surface area (Å²) < 4.78 is 68.4. The fourth-order valence-electron chi connectivity index (χ4n) is 8.95. The summed E-state index contributed by atoms with van der Waals surface area (Å²) in [6, 6.07) is 8.29. The maximum Gasteiger partial charge on any atom is 0.297 e. The van der Waals surface area contributed by atoms with E-state index in [-0.39, 0.29) is 41.3 Å². The smallest absolute Gasteiger partial charge is 0.263 e. The Morgan fingerprint density at radius 3 is 0.906 bits per heavy atom. The Balaban J connectivity index is 1.42. The molecule has 2 aromatic rings. The van der Waals surface area contributed by atoms with Gasteiger partial charge in [0, 0.05) is 0 Å². The van der Waals surface area contributed by atoms with E-state index in [0.29, 0.717) is 59.1 Å². The lowest BCUT2D eigenvalue weighted by Crippen LogP contribution is -2.39.